The maximum atomic E-state index is 13.1. The van der Waals surface area contributed by atoms with Crippen LogP contribution in [0.3, 0.4) is 0 Å². The quantitative estimate of drug-likeness (QED) is 0.707. The monoisotopic (exact) mass is 450 g/mol. The number of benzene rings is 2. The van der Waals surface area contributed by atoms with E-state index in [1.807, 2.05) is 0 Å². The number of hydrogen-bond acceptors (Lipinski definition) is 5. The van der Waals surface area contributed by atoms with E-state index in [1.54, 1.807) is 24.3 Å². The highest BCUT2D eigenvalue weighted by molar-refractivity contribution is 8.02. The minimum atomic E-state index is -4.55. The molecule has 0 aromatic heterocycles. The van der Waals surface area contributed by atoms with Crippen LogP contribution in [0.2, 0.25) is 0 Å². The smallest absolute Gasteiger partial charge is 0.416 e. The van der Waals surface area contributed by atoms with Gasteiger partial charge in [-0.1, -0.05) is 30.0 Å². The second-order valence-corrected chi connectivity index (χ2v) is 8.52. The molecule has 2 atom stereocenters. The zero-order chi connectivity index (χ0) is 22.4. The summed E-state index contributed by atoms with van der Waals surface area (Å²) >= 11 is 1.20. The van der Waals surface area contributed by atoms with Gasteiger partial charge in [0.15, 0.2) is 11.0 Å². The number of alkyl halides is 3. The third kappa shape index (κ3) is 3.76. The van der Waals surface area contributed by atoms with Crippen LogP contribution in [-0.2, 0) is 25.3 Å². The van der Waals surface area contributed by atoms with Crippen LogP contribution in [0.15, 0.2) is 53.4 Å². The number of para-hydroxylation sites is 1. The van der Waals surface area contributed by atoms with Crippen LogP contribution in [0.1, 0.15) is 25.3 Å². The molecule has 10 heteroatoms. The van der Waals surface area contributed by atoms with Crippen LogP contribution in [0.5, 0.6) is 0 Å². The van der Waals surface area contributed by atoms with Crippen molar-refractivity contribution >= 4 is 40.9 Å². The molecule has 0 saturated carbocycles. The van der Waals surface area contributed by atoms with Crippen LogP contribution in [-0.4, -0.2) is 28.8 Å². The maximum absolute atomic E-state index is 13.1. The minimum absolute atomic E-state index is 0.0683. The first-order chi connectivity index (χ1) is 14.6. The van der Waals surface area contributed by atoms with E-state index in [0.29, 0.717) is 5.69 Å². The number of carbonyl (C=O) groups is 3. The summed E-state index contributed by atoms with van der Waals surface area (Å²) in [6, 6.07) is 11.3. The molecule has 1 saturated heterocycles. The largest absolute Gasteiger partial charge is 0.450 e. The molecule has 2 aliphatic rings. The highest BCUT2D eigenvalue weighted by atomic mass is 32.2. The van der Waals surface area contributed by atoms with Crippen molar-refractivity contribution in [3.05, 3.63) is 54.1 Å². The molecule has 1 N–H and O–H groups in total. The van der Waals surface area contributed by atoms with Gasteiger partial charge in [-0.3, -0.25) is 14.5 Å². The summed E-state index contributed by atoms with van der Waals surface area (Å²) in [7, 11) is 0. The number of thioether (sulfide) groups is 1. The topological polar surface area (TPSA) is 75.7 Å². The summed E-state index contributed by atoms with van der Waals surface area (Å²) in [6.07, 6.45) is -5.43. The van der Waals surface area contributed by atoms with Crippen LogP contribution >= 0.6 is 11.8 Å². The molecule has 2 aromatic carbocycles. The van der Waals surface area contributed by atoms with Gasteiger partial charge in [-0.25, -0.2) is 4.79 Å². The Labute approximate surface area is 179 Å². The van der Waals surface area contributed by atoms with Crippen molar-refractivity contribution < 1.29 is 32.3 Å². The van der Waals surface area contributed by atoms with Crippen molar-refractivity contribution in [1.29, 1.82) is 0 Å². The molecule has 1 fully saturated rings. The van der Waals surface area contributed by atoms with Crippen molar-refractivity contribution in [2.75, 3.05) is 10.2 Å². The van der Waals surface area contributed by atoms with Gasteiger partial charge >= 0.3 is 12.1 Å². The average Bonchev–Trinajstić information content (AvgIpc) is 3.23. The molecule has 2 aliphatic heterocycles. The highest BCUT2D eigenvalue weighted by Crippen LogP contribution is 2.56. The van der Waals surface area contributed by atoms with E-state index in [-0.39, 0.29) is 24.4 Å². The molecule has 31 heavy (non-hydrogen) atoms. The normalized spacial score (nSPS) is 20.8. The molecule has 2 aromatic rings. The third-order valence-electron chi connectivity index (χ3n) is 5.10. The molecular formula is C21H17F3N2O4S. The van der Waals surface area contributed by atoms with Gasteiger partial charge in [0.05, 0.1) is 11.3 Å². The summed E-state index contributed by atoms with van der Waals surface area (Å²) < 4.78 is 43.9. The molecule has 0 unspecified atom stereocenters. The fraction of sp³-hybridized carbons (Fsp3) is 0.286. The van der Waals surface area contributed by atoms with Crippen LogP contribution in [0.4, 0.5) is 24.5 Å². The van der Waals surface area contributed by atoms with Gasteiger partial charge in [-0.2, -0.15) is 13.2 Å². The van der Waals surface area contributed by atoms with Crippen LogP contribution in [0, 0.1) is 0 Å². The number of fused-ring (bicyclic) bond motifs is 3. The Bertz CT molecular complexity index is 1070. The molecule has 2 heterocycles. The van der Waals surface area contributed by atoms with E-state index in [9.17, 15) is 27.6 Å². The van der Waals surface area contributed by atoms with Gasteiger partial charge in [-0.05, 0) is 37.3 Å². The van der Waals surface area contributed by atoms with Crippen molar-refractivity contribution in [2.45, 2.75) is 41.8 Å². The van der Waals surface area contributed by atoms with Gasteiger partial charge in [0.2, 0.25) is 5.91 Å². The van der Waals surface area contributed by atoms with Gasteiger partial charge < -0.3 is 10.1 Å². The predicted octanol–water partition coefficient (Wildman–Crippen LogP) is 4.20. The maximum Gasteiger partial charge on any atom is 0.416 e. The standard InChI is InChI=1S/C21H17F3N2O4S/c1-12(18(28)25-14-6-4-5-13(11-14)21(22,23)24)30-19(29)20-10-9-17(27)26(20)15-7-2-3-8-16(15)31-20/h2-8,11-12H,9-10H2,1H3,(H,25,28)/t12-,20+/m0/s1. The fourth-order valence-corrected chi connectivity index (χ4v) is 5.00. The number of nitrogens with one attached hydrogen (secondary N) is 1. The van der Waals surface area contributed by atoms with E-state index < -0.39 is 34.6 Å². The predicted molar refractivity (Wildman–Crippen MR) is 107 cm³/mol. The number of halogens is 3. The zero-order valence-electron chi connectivity index (χ0n) is 16.2. The van der Waals surface area contributed by atoms with E-state index in [4.69, 9.17) is 4.74 Å². The third-order valence-corrected chi connectivity index (χ3v) is 6.56. The fourth-order valence-electron chi connectivity index (χ4n) is 3.60. The first kappa shape index (κ1) is 21.2. The van der Waals surface area contributed by atoms with E-state index in [2.05, 4.69) is 5.32 Å². The Morgan fingerprint density at radius 1 is 1.19 bits per heavy atom. The lowest BCUT2D eigenvalue weighted by Gasteiger charge is -2.29. The van der Waals surface area contributed by atoms with Gasteiger partial charge in [0, 0.05) is 23.4 Å². The van der Waals surface area contributed by atoms with Gasteiger partial charge in [0.1, 0.15) is 0 Å². The number of rotatable bonds is 4. The lowest BCUT2D eigenvalue weighted by atomic mass is 10.2. The number of ether oxygens (including phenoxy) is 1. The first-order valence-corrected chi connectivity index (χ1v) is 10.2. The Balaban J connectivity index is 1.48. The second kappa shape index (κ2) is 7.60. The summed E-state index contributed by atoms with van der Waals surface area (Å²) in [6.45, 7) is 1.32. The van der Waals surface area contributed by atoms with E-state index in [0.717, 1.165) is 17.0 Å². The Morgan fingerprint density at radius 3 is 2.68 bits per heavy atom. The molecule has 2 amide bonds. The molecule has 0 aliphatic carbocycles. The Hall–Kier alpha value is -3.01. The number of nitrogens with zero attached hydrogens (tertiary/aromatic N) is 1. The van der Waals surface area contributed by atoms with Gasteiger partial charge in [-0.15, -0.1) is 0 Å². The van der Waals surface area contributed by atoms with Crippen molar-refractivity contribution in [1.82, 2.24) is 0 Å². The lowest BCUT2D eigenvalue weighted by molar-refractivity contribution is -0.155. The molecule has 0 spiro atoms. The molecule has 4 rings (SSSR count). The molecule has 162 valence electrons. The number of esters is 1. The summed E-state index contributed by atoms with van der Waals surface area (Å²) in [5.41, 5.74) is -0.358. The van der Waals surface area contributed by atoms with Crippen molar-refractivity contribution in [3.63, 3.8) is 0 Å². The Morgan fingerprint density at radius 2 is 1.94 bits per heavy atom. The van der Waals surface area contributed by atoms with E-state index >= 15 is 0 Å². The average molecular weight is 450 g/mol. The molecule has 0 radical (unpaired) electrons. The zero-order valence-corrected chi connectivity index (χ0v) is 17.0. The molecule has 6 nitrogen and oxygen atoms in total. The van der Waals surface area contributed by atoms with Crippen molar-refractivity contribution in [2.24, 2.45) is 0 Å². The Kier molecular flexibility index (Phi) is 5.20. The summed E-state index contributed by atoms with van der Waals surface area (Å²) in [4.78, 5) is 38.8. The number of carbonyl (C=O) groups excluding carboxylic acids is 3. The van der Waals surface area contributed by atoms with E-state index in [1.165, 1.54) is 35.7 Å². The minimum Gasteiger partial charge on any atom is -0.450 e. The number of amides is 2. The molecular weight excluding hydrogens is 433 g/mol. The highest BCUT2D eigenvalue weighted by Gasteiger charge is 2.59. The van der Waals surface area contributed by atoms with Crippen molar-refractivity contribution in [3.8, 4) is 0 Å². The second-order valence-electron chi connectivity index (χ2n) is 7.20. The summed E-state index contributed by atoms with van der Waals surface area (Å²) in [5, 5.41) is 2.33. The first-order valence-electron chi connectivity index (χ1n) is 9.42. The number of anilines is 2. The van der Waals surface area contributed by atoms with Crippen LogP contribution in [0.25, 0.3) is 0 Å². The van der Waals surface area contributed by atoms with Crippen LogP contribution < -0.4 is 10.2 Å². The van der Waals surface area contributed by atoms with Gasteiger partial charge in [0.25, 0.3) is 5.91 Å². The molecule has 0 bridgehead atoms. The lowest BCUT2D eigenvalue weighted by Crippen LogP contribution is -2.49. The SMILES string of the molecule is C[C@H](OC(=O)[C@]12CCC(=O)N1c1ccccc1S2)C(=O)Nc1cccc(C(F)(F)F)c1. The number of hydrogen-bond donors (Lipinski definition) is 1. The summed E-state index contributed by atoms with van der Waals surface area (Å²) in [5.74, 6) is -1.73.